The fourth-order valence-electron chi connectivity index (χ4n) is 5.09. The highest BCUT2D eigenvalue weighted by Crippen LogP contribution is 2.48. The van der Waals surface area contributed by atoms with E-state index < -0.39 is 0 Å². The van der Waals surface area contributed by atoms with Crippen LogP contribution in [0.1, 0.15) is 107 Å². The summed E-state index contributed by atoms with van der Waals surface area (Å²) >= 11 is 0. The molecule has 3 nitrogen and oxygen atoms in total. The van der Waals surface area contributed by atoms with Gasteiger partial charge in [-0.3, -0.25) is 0 Å². The molecular weight excluding hydrogens is 396 g/mol. The molecule has 1 fully saturated rings. The van der Waals surface area contributed by atoms with Crippen molar-refractivity contribution in [2.45, 2.75) is 111 Å². The third-order valence-corrected chi connectivity index (χ3v) is 6.73. The van der Waals surface area contributed by atoms with E-state index in [4.69, 9.17) is 4.74 Å². The van der Waals surface area contributed by atoms with Crippen LogP contribution in [0.2, 0.25) is 0 Å². The van der Waals surface area contributed by atoms with E-state index in [0.29, 0.717) is 11.5 Å². The zero-order chi connectivity index (χ0) is 24.0. The van der Waals surface area contributed by atoms with Gasteiger partial charge < -0.3 is 14.9 Å². The number of ether oxygens (including phenoxy) is 1. The second kappa shape index (κ2) is 8.74. The van der Waals surface area contributed by atoms with Gasteiger partial charge in [-0.15, -0.1) is 0 Å². The Morgan fingerprint density at radius 2 is 1.22 bits per heavy atom. The maximum atomic E-state index is 11.5. The molecule has 0 aromatic heterocycles. The van der Waals surface area contributed by atoms with Crippen molar-refractivity contribution < 1.29 is 14.9 Å². The van der Waals surface area contributed by atoms with Crippen LogP contribution in [0.25, 0.3) is 0 Å². The summed E-state index contributed by atoms with van der Waals surface area (Å²) in [6.45, 7) is 19.0. The molecule has 2 unspecified atom stereocenters. The van der Waals surface area contributed by atoms with Gasteiger partial charge in [-0.1, -0.05) is 76.9 Å². The van der Waals surface area contributed by atoms with Gasteiger partial charge >= 0.3 is 0 Å². The summed E-state index contributed by atoms with van der Waals surface area (Å²) in [5.41, 5.74) is 5.42. The first kappa shape index (κ1) is 24.6. The van der Waals surface area contributed by atoms with Crippen molar-refractivity contribution in [2.24, 2.45) is 0 Å². The predicted octanol–water partition coefficient (Wildman–Crippen LogP) is 7.40. The van der Waals surface area contributed by atoms with Gasteiger partial charge in [-0.2, -0.15) is 0 Å². The van der Waals surface area contributed by atoms with Crippen molar-refractivity contribution in [3.63, 3.8) is 0 Å². The van der Waals surface area contributed by atoms with Crippen molar-refractivity contribution in [3.05, 3.63) is 57.6 Å². The summed E-state index contributed by atoms with van der Waals surface area (Å²) in [7, 11) is 0. The van der Waals surface area contributed by atoms with E-state index in [1.165, 1.54) is 0 Å². The van der Waals surface area contributed by atoms with Crippen LogP contribution in [0.5, 0.6) is 11.5 Å². The molecular formula is C29H42O3. The summed E-state index contributed by atoms with van der Waals surface area (Å²) in [6.07, 6.45) is 3.10. The number of rotatable bonds is 3. The number of phenolic OH excluding ortho intramolecular Hbond substituents is 2. The predicted molar refractivity (Wildman–Crippen MR) is 133 cm³/mol. The highest BCUT2D eigenvalue weighted by Gasteiger charge is 2.36. The van der Waals surface area contributed by atoms with E-state index >= 15 is 0 Å². The summed E-state index contributed by atoms with van der Waals surface area (Å²) in [5.74, 6) is 0.418. The number of hydrogen-bond donors (Lipinski definition) is 2. The summed E-state index contributed by atoms with van der Waals surface area (Å²) in [4.78, 5) is 0. The molecule has 176 valence electrons. The Morgan fingerprint density at radius 3 is 1.59 bits per heavy atom. The molecule has 0 amide bonds. The molecule has 2 aromatic rings. The molecule has 1 aliphatic heterocycles. The first-order chi connectivity index (χ1) is 14.7. The third-order valence-electron chi connectivity index (χ3n) is 6.73. The van der Waals surface area contributed by atoms with E-state index in [0.717, 1.165) is 52.6 Å². The van der Waals surface area contributed by atoms with Gasteiger partial charge in [-0.05, 0) is 62.0 Å². The average Bonchev–Trinajstić information content (AvgIpc) is 2.65. The number of aromatic hydroxyl groups is 2. The van der Waals surface area contributed by atoms with E-state index in [2.05, 4.69) is 86.6 Å². The minimum atomic E-state index is -0.236. The molecule has 2 aromatic carbocycles. The van der Waals surface area contributed by atoms with Crippen LogP contribution in [0.15, 0.2) is 24.3 Å². The molecule has 1 aliphatic rings. The average molecular weight is 439 g/mol. The van der Waals surface area contributed by atoms with Gasteiger partial charge in [-0.25, -0.2) is 0 Å². The molecule has 3 rings (SSSR count). The van der Waals surface area contributed by atoms with Crippen LogP contribution in [-0.2, 0) is 15.6 Å². The molecule has 0 aliphatic carbocycles. The van der Waals surface area contributed by atoms with Gasteiger partial charge in [0.1, 0.15) is 11.5 Å². The number of phenols is 2. The van der Waals surface area contributed by atoms with Crippen LogP contribution in [-0.4, -0.2) is 22.4 Å². The fourth-order valence-corrected chi connectivity index (χ4v) is 5.09. The van der Waals surface area contributed by atoms with E-state index in [-0.39, 0.29) is 29.0 Å². The Hall–Kier alpha value is -2.00. The van der Waals surface area contributed by atoms with Gasteiger partial charge in [0.2, 0.25) is 0 Å². The smallest absolute Gasteiger partial charge is 0.123 e. The Bertz CT molecular complexity index is 906. The van der Waals surface area contributed by atoms with Crippen molar-refractivity contribution >= 4 is 0 Å². The van der Waals surface area contributed by atoms with Crippen LogP contribution in [0, 0.1) is 13.8 Å². The van der Waals surface area contributed by atoms with Gasteiger partial charge in [0.15, 0.2) is 0 Å². The highest BCUT2D eigenvalue weighted by molar-refractivity contribution is 5.56. The van der Waals surface area contributed by atoms with Gasteiger partial charge in [0.25, 0.3) is 0 Å². The van der Waals surface area contributed by atoms with E-state index in [1.54, 1.807) is 0 Å². The number of benzene rings is 2. The second-order valence-corrected chi connectivity index (χ2v) is 11.9. The lowest BCUT2D eigenvalue weighted by Gasteiger charge is -2.37. The monoisotopic (exact) mass is 438 g/mol. The topological polar surface area (TPSA) is 49.7 Å². The van der Waals surface area contributed by atoms with Crippen LogP contribution in [0.4, 0.5) is 0 Å². The first-order valence-electron chi connectivity index (χ1n) is 12.0. The summed E-state index contributed by atoms with van der Waals surface area (Å²) in [6, 6.07) is 8.32. The standard InChI is InChI=1S/C29H42O3/c1-17-13-20(26(30)22(15-17)28(4,5)6)25(24-12-10-11-19(3)32-24)21-14-18(2)16-23(27(21)31)29(7,8)9/h13-16,19,24-25,30-31H,10-12H2,1-9H3. The van der Waals surface area contributed by atoms with E-state index in [9.17, 15) is 10.2 Å². The SMILES string of the molecule is Cc1cc(C(c2cc(C)cc(C(C)(C)C)c2O)C2CCCC(C)O2)c(O)c(C(C)(C)C)c1. The Labute approximate surface area is 194 Å². The molecule has 0 bridgehead atoms. The number of aryl methyl sites for hydroxylation is 2. The number of hydrogen-bond acceptors (Lipinski definition) is 3. The van der Waals surface area contributed by atoms with Crippen LogP contribution >= 0.6 is 0 Å². The van der Waals surface area contributed by atoms with Crippen molar-refractivity contribution in [1.82, 2.24) is 0 Å². The van der Waals surface area contributed by atoms with Crippen LogP contribution in [0.3, 0.4) is 0 Å². The minimum Gasteiger partial charge on any atom is -0.507 e. The second-order valence-electron chi connectivity index (χ2n) is 11.9. The zero-order valence-corrected chi connectivity index (χ0v) is 21.5. The highest BCUT2D eigenvalue weighted by atomic mass is 16.5. The Morgan fingerprint density at radius 1 is 0.781 bits per heavy atom. The van der Waals surface area contributed by atoms with Crippen molar-refractivity contribution in [2.75, 3.05) is 0 Å². The largest absolute Gasteiger partial charge is 0.507 e. The first-order valence-corrected chi connectivity index (χ1v) is 12.0. The summed E-state index contributed by atoms with van der Waals surface area (Å²) in [5, 5.41) is 23.1. The molecule has 2 atom stereocenters. The lowest BCUT2D eigenvalue weighted by molar-refractivity contribution is -0.0476. The maximum Gasteiger partial charge on any atom is 0.123 e. The van der Waals surface area contributed by atoms with Crippen LogP contribution < -0.4 is 0 Å². The molecule has 1 saturated heterocycles. The molecule has 0 spiro atoms. The third kappa shape index (κ3) is 4.98. The molecule has 3 heteroatoms. The molecule has 0 radical (unpaired) electrons. The molecule has 2 N–H and O–H groups in total. The zero-order valence-electron chi connectivity index (χ0n) is 21.5. The quantitative estimate of drug-likeness (QED) is 0.525. The lowest BCUT2D eigenvalue weighted by atomic mass is 9.75. The molecule has 0 saturated carbocycles. The summed E-state index contributed by atoms with van der Waals surface area (Å²) < 4.78 is 6.48. The van der Waals surface area contributed by atoms with Gasteiger partial charge in [0.05, 0.1) is 12.2 Å². The lowest BCUT2D eigenvalue weighted by Crippen LogP contribution is -2.32. The van der Waals surface area contributed by atoms with Gasteiger partial charge in [0, 0.05) is 17.0 Å². The molecule has 1 heterocycles. The normalized spacial score (nSPS) is 20.1. The van der Waals surface area contributed by atoms with Crippen molar-refractivity contribution in [3.8, 4) is 11.5 Å². The maximum absolute atomic E-state index is 11.5. The van der Waals surface area contributed by atoms with E-state index in [1.807, 2.05) is 0 Å². The Balaban J connectivity index is 2.32. The molecule has 32 heavy (non-hydrogen) atoms. The Kier molecular flexibility index (Phi) is 6.73. The van der Waals surface area contributed by atoms with Crippen molar-refractivity contribution in [1.29, 1.82) is 0 Å². The minimum absolute atomic E-state index is 0.0974. The fraction of sp³-hybridized carbons (Fsp3) is 0.586.